The normalized spacial score (nSPS) is 15.1. The zero-order chi connectivity index (χ0) is 35.4. The Morgan fingerprint density at radius 2 is 0.942 bits per heavy atom. The Balaban J connectivity index is 1.17. The van der Waals surface area contributed by atoms with E-state index in [0.717, 1.165) is 12.8 Å². The van der Waals surface area contributed by atoms with Gasteiger partial charge in [0.2, 0.25) is 0 Å². The number of fused-ring (bicyclic) bond motifs is 13. The van der Waals surface area contributed by atoms with Gasteiger partial charge in [-0.2, -0.15) is 0 Å². The molecule has 0 heteroatoms. The van der Waals surface area contributed by atoms with Crippen LogP contribution in [-0.2, 0) is 16.2 Å². The van der Waals surface area contributed by atoms with Gasteiger partial charge in [0.1, 0.15) is 0 Å². The molecule has 3 aliphatic carbocycles. The maximum absolute atomic E-state index is 2.59. The predicted octanol–water partition coefficient (Wildman–Crippen LogP) is 13.4. The van der Waals surface area contributed by atoms with Crippen molar-refractivity contribution in [3.63, 3.8) is 0 Å². The van der Waals surface area contributed by atoms with E-state index >= 15 is 0 Å². The summed E-state index contributed by atoms with van der Waals surface area (Å²) in [5, 5.41) is 0. The zero-order valence-corrected chi connectivity index (χ0v) is 30.8. The highest BCUT2D eigenvalue weighted by Gasteiger charge is 2.53. The third-order valence-corrected chi connectivity index (χ3v) is 13.4. The Morgan fingerprint density at radius 1 is 0.442 bits per heavy atom. The lowest BCUT2D eigenvalue weighted by molar-refractivity contribution is 0.478. The molecule has 0 saturated heterocycles. The van der Waals surface area contributed by atoms with E-state index in [1.807, 2.05) is 0 Å². The molecule has 10 rings (SSSR count). The molecule has 0 N–H and O–H groups in total. The molecule has 252 valence electrons. The van der Waals surface area contributed by atoms with Crippen LogP contribution in [0.25, 0.3) is 44.5 Å². The lowest BCUT2D eigenvalue weighted by atomic mass is 9.66. The molecule has 0 heterocycles. The molecule has 3 aliphatic rings. The molecule has 0 amide bonds. The molecule has 0 aromatic heterocycles. The monoisotopic (exact) mass is 668 g/mol. The highest BCUT2D eigenvalue weighted by molar-refractivity contribution is 5.96. The Labute approximate surface area is 308 Å². The van der Waals surface area contributed by atoms with Crippen molar-refractivity contribution in [3.05, 3.63) is 202 Å². The summed E-state index contributed by atoms with van der Waals surface area (Å²) >= 11 is 0. The largest absolute Gasteiger partial charge is 0.0725 e. The molecule has 52 heavy (non-hydrogen) atoms. The van der Waals surface area contributed by atoms with Crippen LogP contribution < -0.4 is 0 Å². The minimum Gasteiger partial charge on any atom is -0.0642 e. The van der Waals surface area contributed by atoms with E-state index in [1.165, 1.54) is 94.6 Å². The summed E-state index contributed by atoms with van der Waals surface area (Å²) < 4.78 is 0. The van der Waals surface area contributed by atoms with Crippen LogP contribution in [0.4, 0.5) is 0 Å². The maximum atomic E-state index is 2.59. The van der Waals surface area contributed by atoms with E-state index in [2.05, 4.69) is 186 Å². The number of rotatable bonds is 5. The van der Waals surface area contributed by atoms with Crippen LogP contribution in [0.5, 0.6) is 0 Å². The van der Waals surface area contributed by atoms with Gasteiger partial charge in [0, 0.05) is 10.8 Å². The van der Waals surface area contributed by atoms with Crippen molar-refractivity contribution in [1.29, 1.82) is 0 Å². The van der Waals surface area contributed by atoms with Gasteiger partial charge >= 0.3 is 0 Å². The first-order chi connectivity index (χ1) is 25.3. The van der Waals surface area contributed by atoms with Crippen LogP contribution in [0.15, 0.2) is 152 Å². The van der Waals surface area contributed by atoms with Crippen molar-refractivity contribution in [1.82, 2.24) is 0 Å². The van der Waals surface area contributed by atoms with Crippen LogP contribution in [0.2, 0.25) is 0 Å². The van der Waals surface area contributed by atoms with Gasteiger partial charge in [0.25, 0.3) is 0 Å². The van der Waals surface area contributed by atoms with Crippen LogP contribution in [0.1, 0.15) is 90.6 Å². The average molecular weight is 669 g/mol. The third kappa shape index (κ3) is 3.88. The first kappa shape index (κ1) is 31.3. The van der Waals surface area contributed by atoms with Crippen molar-refractivity contribution in [3.8, 4) is 44.5 Å². The summed E-state index contributed by atoms with van der Waals surface area (Å²) in [6.07, 6.45) is 2.04. The predicted molar refractivity (Wildman–Crippen MR) is 218 cm³/mol. The summed E-state index contributed by atoms with van der Waals surface area (Å²) in [6, 6.07) is 58.3. The second kappa shape index (κ2) is 11.0. The zero-order valence-electron chi connectivity index (χ0n) is 30.8. The first-order valence-corrected chi connectivity index (χ1v) is 19.1. The van der Waals surface area contributed by atoms with Gasteiger partial charge in [0.05, 0.1) is 5.41 Å². The van der Waals surface area contributed by atoms with Gasteiger partial charge in [0.15, 0.2) is 0 Å². The second-order valence-corrected chi connectivity index (χ2v) is 15.9. The molecule has 1 spiro atoms. The summed E-state index contributed by atoms with van der Waals surface area (Å²) in [5.41, 5.74) is 22.9. The summed E-state index contributed by atoms with van der Waals surface area (Å²) in [4.78, 5) is 0. The Bertz CT molecular complexity index is 2530. The number of hydrogen-bond acceptors (Lipinski definition) is 0. The van der Waals surface area contributed by atoms with Crippen molar-refractivity contribution in [2.75, 3.05) is 0 Å². The topological polar surface area (TPSA) is 0 Å². The molecule has 0 bridgehead atoms. The molecule has 7 aromatic carbocycles. The van der Waals surface area contributed by atoms with Gasteiger partial charge in [-0.3, -0.25) is 0 Å². The van der Waals surface area contributed by atoms with Gasteiger partial charge < -0.3 is 0 Å². The van der Waals surface area contributed by atoms with E-state index in [9.17, 15) is 0 Å². The lowest BCUT2D eigenvalue weighted by Gasteiger charge is -2.37. The van der Waals surface area contributed by atoms with Crippen molar-refractivity contribution < 1.29 is 0 Å². The molecule has 0 nitrogen and oxygen atoms in total. The van der Waals surface area contributed by atoms with Gasteiger partial charge in [-0.25, -0.2) is 0 Å². The van der Waals surface area contributed by atoms with Gasteiger partial charge in [-0.05, 0) is 115 Å². The van der Waals surface area contributed by atoms with E-state index < -0.39 is 0 Å². The Kier molecular flexibility index (Phi) is 6.63. The Morgan fingerprint density at radius 3 is 1.58 bits per heavy atom. The second-order valence-electron chi connectivity index (χ2n) is 15.9. The highest BCUT2D eigenvalue weighted by atomic mass is 14.5. The smallest absolute Gasteiger partial charge is 0.0642 e. The van der Waals surface area contributed by atoms with E-state index in [-0.39, 0.29) is 16.2 Å². The van der Waals surface area contributed by atoms with Crippen LogP contribution in [-0.4, -0.2) is 0 Å². The van der Waals surface area contributed by atoms with Crippen LogP contribution >= 0.6 is 0 Å². The summed E-state index contributed by atoms with van der Waals surface area (Å²) in [5.74, 6) is 0. The lowest BCUT2D eigenvalue weighted by Crippen LogP contribution is -2.29. The molecular formula is C52H44. The van der Waals surface area contributed by atoms with Gasteiger partial charge in [-0.1, -0.05) is 179 Å². The standard InChI is InChI=1S/C52H44/c1-6-51(7-2,36-28-30-40-39-29-27-35(34-25-23-33(3)24-26-34)31-47(39)50(4,5)48(40)32-36)45-21-14-22-46-49(45)41-17-10-13-20-44(41)52(46)42-18-11-8-15-37(42)38-16-9-12-19-43(38)52/h8-32H,6-7H2,1-5H3. The Hall–Kier alpha value is -5.46. The summed E-state index contributed by atoms with van der Waals surface area (Å²) in [7, 11) is 0. The van der Waals surface area contributed by atoms with Crippen molar-refractivity contribution >= 4 is 0 Å². The number of aryl methyl sites for hydroxylation is 1. The third-order valence-electron chi connectivity index (χ3n) is 13.4. The molecule has 0 fully saturated rings. The molecule has 0 saturated carbocycles. The molecule has 0 aliphatic heterocycles. The van der Waals surface area contributed by atoms with E-state index in [1.54, 1.807) is 0 Å². The van der Waals surface area contributed by atoms with Crippen LogP contribution in [0, 0.1) is 6.92 Å². The fourth-order valence-electron chi connectivity index (χ4n) is 10.7. The SMILES string of the molecule is CCC(CC)(c1ccc2c(c1)C(C)(C)c1cc(-c3ccc(C)cc3)ccc1-2)c1cccc2c1-c1ccccc1C21c2ccccc2-c2ccccc21. The quantitative estimate of drug-likeness (QED) is 0.171. The van der Waals surface area contributed by atoms with E-state index in [0.29, 0.717) is 0 Å². The molecule has 0 radical (unpaired) electrons. The fourth-order valence-corrected chi connectivity index (χ4v) is 10.7. The number of benzene rings is 7. The molecule has 0 atom stereocenters. The van der Waals surface area contributed by atoms with Crippen LogP contribution in [0.3, 0.4) is 0 Å². The van der Waals surface area contributed by atoms with E-state index in [4.69, 9.17) is 0 Å². The molecule has 7 aromatic rings. The molecular weight excluding hydrogens is 625 g/mol. The number of hydrogen-bond donors (Lipinski definition) is 0. The maximum Gasteiger partial charge on any atom is 0.0725 e. The minimum absolute atomic E-state index is 0.110. The average Bonchev–Trinajstić information content (AvgIpc) is 3.75. The summed E-state index contributed by atoms with van der Waals surface area (Å²) in [6.45, 7) is 11.8. The van der Waals surface area contributed by atoms with Gasteiger partial charge in [-0.15, -0.1) is 0 Å². The van der Waals surface area contributed by atoms with Crippen molar-refractivity contribution in [2.45, 2.75) is 63.7 Å². The first-order valence-electron chi connectivity index (χ1n) is 19.1. The minimum atomic E-state index is -0.334. The molecule has 0 unspecified atom stereocenters. The van der Waals surface area contributed by atoms with Crippen molar-refractivity contribution in [2.24, 2.45) is 0 Å². The fraction of sp³-hybridized carbons (Fsp3) is 0.192. The highest BCUT2D eigenvalue weighted by Crippen LogP contribution is 2.64.